The molecule has 6 rings (SSSR count). The first-order valence-corrected chi connectivity index (χ1v) is 14.8. The second kappa shape index (κ2) is 10.3. The Labute approximate surface area is 249 Å². The number of carbonyl (C=O) groups is 2. The molecule has 2 aromatic carbocycles. The van der Waals surface area contributed by atoms with Crippen LogP contribution in [0.4, 0.5) is 9.52 Å². The Hall–Kier alpha value is -3.21. The van der Waals surface area contributed by atoms with Crippen molar-refractivity contribution < 1.29 is 28.3 Å². The number of hydrogen-bond acceptors (Lipinski definition) is 8. The fourth-order valence-corrected chi connectivity index (χ4v) is 7.58. The van der Waals surface area contributed by atoms with Gasteiger partial charge in [0.1, 0.15) is 22.9 Å². The van der Waals surface area contributed by atoms with Gasteiger partial charge >= 0.3 is 11.9 Å². The number of esters is 1. The second-order valence-electron chi connectivity index (χ2n) is 11.5. The lowest BCUT2D eigenvalue weighted by molar-refractivity contribution is 0.0200. The summed E-state index contributed by atoms with van der Waals surface area (Å²) >= 11 is 14.2. The fourth-order valence-electron chi connectivity index (χ4n) is 5.84. The molecule has 4 aromatic rings. The molecule has 2 fully saturated rings. The number of anilines is 1. The summed E-state index contributed by atoms with van der Waals surface area (Å²) in [6.45, 7) is 5.75. The molecule has 12 heteroatoms. The van der Waals surface area contributed by atoms with Crippen LogP contribution in [0.5, 0.6) is 0 Å². The summed E-state index contributed by atoms with van der Waals surface area (Å²) in [4.78, 5) is 31.8. The van der Waals surface area contributed by atoms with E-state index in [9.17, 15) is 19.1 Å². The van der Waals surface area contributed by atoms with E-state index in [0.717, 1.165) is 18.9 Å². The molecule has 0 amide bonds. The summed E-state index contributed by atoms with van der Waals surface area (Å²) in [5, 5.41) is 14.8. The number of hydrogen-bond donors (Lipinski definition) is 1. The van der Waals surface area contributed by atoms with Gasteiger partial charge in [-0.15, -0.1) is 0 Å². The SMILES string of the molecule is CC(C)(C)c1onc(-c2c(Cl)cccc2Cl)c1C(=O)O[C@@H]1C[C@H]2CC[C@@H](C1)N2c1nc2c(F)cc(C(=O)O)cc2s1. The maximum Gasteiger partial charge on any atom is 0.344 e. The summed E-state index contributed by atoms with van der Waals surface area (Å²) in [7, 11) is 0. The molecule has 8 nitrogen and oxygen atoms in total. The summed E-state index contributed by atoms with van der Waals surface area (Å²) in [5.41, 5.74) is 0.367. The first-order valence-electron chi connectivity index (χ1n) is 13.2. The van der Waals surface area contributed by atoms with Crippen molar-refractivity contribution in [2.75, 3.05) is 4.90 Å². The van der Waals surface area contributed by atoms with Crippen LogP contribution in [-0.4, -0.2) is 45.4 Å². The number of aromatic carboxylic acids is 1. The third-order valence-electron chi connectivity index (χ3n) is 7.65. The van der Waals surface area contributed by atoms with Gasteiger partial charge in [-0.3, -0.25) is 0 Å². The Bertz CT molecular complexity index is 1660. The van der Waals surface area contributed by atoms with E-state index in [0.29, 0.717) is 44.0 Å². The average molecular weight is 619 g/mol. The number of nitrogens with zero attached hydrogens (tertiary/aromatic N) is 3. The van der Waals surface area contributed by atoms with Crippen molar-refractivity contribution in [1.82, 2.24) is 10.1 Å². The number of carboxylic acids is 1. The largest absolute Gasteiger partial charge is 0.478 e. The molecule has 2 bridgehead atoms. The first-order chi connectivity index (χ1) is 19.4. The van der Waals surface area contributed by atoms with Gasteiger partial charge in [0.2, 0.25) is 0 Å². The van der Waals surface area contributed by atoms with Crippen LogP contribution < -0.4 is 4.90 Å². The summed E-state index contributed by atoms with van der Waals surface area (Å²) in [6.07, 6.45) is 2.52. The number of benzene rings is 2. The minimum atomic E-state index is -1.19. The van der Waals surface area contributed by atoms with Gasteiger partial charge in [0.15, 0.2) is 16.7 Å². The van der Waals surface area contributed by atoms with E-state index in [1.54, 1.807) is 18.2 Å². The molecule has 2 aliphatic rings. The lowest BCUT2D eigenvalue weighted by Crippen LogP contribution is -2.46. The standard InChI is InChI=1S/C29H26Cl2FN3O5S/c1-29(2,3)25-22(24(34-40-25)21-17(30)5-4-6-18(21)31)27(38)39-16-11-14-7-8-15(12-16)35(14)28-33-23-19(32)9-13(26(36)37)10-20(23)41-28/h4-6,9-10,14-16H,7-8,11-12H2,1-3H3,(H,36,37)/t14-,15+,16-. The number of piperidine rings is 1. The second-order valence-corrected chi connectivity index (χ2v) is 13.3. The van der Waals surface area contributed by atoms with E-state index in [2.05, 4.69) is 15.0 Å². The van der Waals surface area contributed by atoms with Crippen molar-refractivity contribution in [2.24, 2.45) is 0 Å². The normalized spacial score (nSPS) is 20.5. The minimum absolute atomic E-state index is 0.0381. The molecule has 2 aliphatic heterocycles. The van der Waals surface area contributed by atoms with Crippen LogP contribution >= 0.6 is 34.5 Å². The molecule has 41 heavy (non-hydrogen) atoms. The van der Waals surface area contributed by atoms with Crippen LogP contribution in [-0.2, 0) is 10.2 Å². The Morgan fingerprint density at radius 1 is 1.15 bits per heavy atom. The number of carboxylic acid groups (broad SMARTS) is 1. The number of rotatable bonds is 5. The van der Waals surface area contributed by atoms with Gasteiger partial charge in [0.05, 0.1) is 20.3 Å². The highest BCUT2D eigenvalue weighted by atomic mass is 35.5. The molecule has 2 saturated heterocycles. The van der Waals surface area contributed by atoms with Crippen LogP contribution in [0, 0.1) is 5.82 Å². The summed E-state index contributed by atoms with van der Waals surface area (Å²) in [5.74, 6) is -2.02. The molecular formula is C29H26Cl2FN3O5S. The molecule has 0 aliphatic carbocycles. The van der Waals surface area contributed by atoms with E-state index in [4.69, 9.17) is 32.5 Å². The molecular weight excluding hydrogens is 592 g/mol. The highest BCUT2D eigenvalue weighted by molar-refractivity contribution is 7.22. The predicted molar refractivity (Wildman–Crippen MR) is 155 cm³/mol. The van der Waals surface area contributed by atoms with E-state index < -0.39 is 23.2 Å². The quantitative estimate of drug-likeness (QED) is 0.227. The Morgan fingerprint density at radius 2 is 1.80 bits per heavy atom. The van der Waals surface area contributed by atoms with Gasteiger partial charge in [-0.25, -0.2) is 19.0 Å². The third-order valence-corrected chi connectivity index (χ3v) is 9.29. The zero-order valence-corrected chi connectivity index (χ0v) is 24.7. The van der Waals surface area contributed by atoms with Crippen molar-refractivity contribution in [3.05, 3.63) is 63.1 Å². The number of ether oxygens (including phenoxy) is 1. The van der Waals surface area contributed by atoms with Gasteiger partial charge < -0.3 is 19.3 Å². The van der Waals surface area contributed by atoms with Crippen molar-refractivity contribution >= 4 is 61.8 Å². The molecule has 2 aromatic heterocycles. The molecule has 214 valence electrons. The van der Waals surface area contributed by atoms with Gasteiger partial charge in [-0.05, 0) is 37.1 Å². The molecule has 3 atom stereocenters. The van der Waals surface area contributed by atoms with Crippen LogP contribution in [0.1, 0.15) is 72.9 Å². The number of aromatic nitrogens is 2. The lowest BCUT2D eigenvalue weighted by Gasteiger charge is -2.38. The van der Waals surface area contributed by atoms with Gasteiger partial charge in [-0.1, -0.05) is 66.5 Å². The van der Waals surface area contributed by atoms with Crippen LogP contribution in [0.15, 0.2) is 34.9 Å². The van der Waals surface area contributed by atoms with Crippen LogP contribution in [0.2, 0.25) is 10.0 Å². The van der Waals surface area contributed by atoms with Crippen LogP contribution in [0.3, 0.4) is 0 Å². The van der Waals surface area contributed by atoms with Crippen molar-refractivity contribution in [1.29, 1.82) is 0 Å². The predicted octanol–water partition coefficient (Wildman–Crippen LogP) is 7.75. The van der Waals surface area contributed by atoms with E-state index in [-0.39, 0.29) is 40.5 Å². The molecule has 0 unspecified atom stereocenters. The zero-order chi connectivity index (χ0) is 29.2. The third kappa shape index (κ3) is 4.96. The molecule has 0 saturated carbocycles. The maximum absolute atomic E-state index is 14.6. The number of carbonyl (C=O) groups excluding carboxylic acids is 1. The number of thiazole rings is 1. The molecule has 4 heterocycles. The fraction of sp³-hybridized carbons (Fsp3) is 0.379. The van der Waals surface area contributed by atoms with Gasteiger partial charge in [-0.2, -0.15) is 0 Å². The van der Waals surface area contributed by atoms with Gasteiger partial charge in [0, 0.05) is 35.9 Å². The monoisotopic (exact) mass is 617 g/mol. The van der Waals surface area contributed by atoms with Crippen molar-refractivity contribution in [2.45, 2.75) is 70.1 Å². The minimum Gasteiger partial charge on any atom is -0.478 e. The summed E-state index contributed by atoms with van der Waals surface area (Å²) in [6, 6.07) is 7.58. The topological polar surface area (TPSA) is 106 Å². The Balaban J connectivity index is 1.27. The molecule has 0 spiro atoms. The van der Waals surface area contributed by atoms with E-state index in [1.807, 2.05) is 20.8 Å². The highest BCUT2D eigenvalue weighted by Gasteiger charge is 2.44. The lowest BCUT2D eigenvalue weighted by atomic mass is 9.88. The van der Waals surface area contributed by atoms with Crippen molar-refractivity contribution in [3.8, 4) is 11.3 Å². The molecule has 0 radical (unpaired) electrons. The average Bonchev–Trinajstić information content (AvgIpc) is 3.58. The molecule has 1 N–H and O–H groups in total. The van der Waals surface area contributed by atoms with E-state index >= 15 is 0 Å². The zero-order valence-electron chi connectivity index (χ0n) is 22.4. The van der Waals surface area contributed by atoms with Crippen LogP contribution in [0.25, 0.3) is 21.5 Å². The highest BCUT2D eigenvalue weighted by Crippen LogP contribution is 2.45. The first kappa shape index (κ1) is 27.9. The Kier molecular flexibility index (Phi) is 6.99. The van der Waals surface area contributed by atoms with Gasteiger partial charge in [0.25, 0.3) is 0 Å². The number of fused-ring (bicyclic) bond motifs is 3. The Morgan fingerprint density at radius 3 is 2.41 bits per heavy atom. The van der Waals surface area contributed by atoms with E-state index in [1.165, 1.54) is 17.4 Å². The smallest absolute Gasteiger partial charge is 0.344 e. The number of halogens is 3. The summed E-state index contributed by atoms with van der Waals surface area (Å²) < 4.78 is 26.9. The maximum atomic E-state index is 14.6. The van der Waals surface area contributed by atoms with Crippen molar-refractivity contribution in [3.63, 3.8) is 0 Å².